The van der Waals surface area contributed by atoms with E-state index in [1.807, 2.05) is 0 Å². The highest BCUT2D eigenvalue weighted by atomic mass is 79.9. The lowest BCUT2D eigenvalue weighted by molar-refractivity contribution is 0.373. The Kier molecular flexibility index (Phi) is 4.49. The normalized spacial score (nSPS) is 17.1. The van der Waals surface area contributed by atoms with Crippen molar-refractivity contribution in [2.24, 2.45) is 5.92 Å². The minimum Gasteiger partial charge on any atom is -0.385 e. The average Bonchev–Trinajstić information content (AvgIpc) is 2.34. The van der Waals surface area contributed by atoms with Gasteiger partial charge in [0.05, 0.1) is 0 Å². The summed E-state index contributed by atoms with van der Waals surface area (Å²) >= 11 is 3.61. The Hall–Kier alpha value is -0.500. The van der Waals surface area contributed by atoms with Crippen LogP contribution in [0.4, 0.5) is 5.69 Å². The van der Waals surface area contributed by atoms with Gasteiger partial charge in [0.25, 0.3) is 0 Å². The number of rotatable bonds is 3. The second kappa shape index (κ2) is 5.90. The summed E-state index contributed by atoms with van der Waals surface area (Å²) in [5.74, 6) is 0.882. The van der Waals surface area contributed by atoms with Crippen LogP contribution < -0.4 is 5.32 Å². The molecular weight excluding hydrogens is 274 g/mol. The number of nitrogens with one attached hydrogen (secondary N) is 1. The van der Waals surface area contributed by atoms with Gasteiger partial charge in [0.1, 0.15) is 0 Å². The number of hydrogen-bond acceptors (Lipinski definition) is 1. The van der Waals surface area contributed by atoms with Gasteiger partial charge in [-0.3, -0.25) is 0 Å². The number of hydrogen-bond donors (Lipinski definition) is 1. The molecule has 0 atom stereocenters. The van der Waals surface area contributed by atoms with Crippen molar-refractivity contribution in [3.63, 3.8) is 0 Å². The molecule has 17 heavy (non-hydrogen) atoms. The molecular formula is C15H22BrN. The van der Waals surface area contributed by atoms with Gasteiger partial charge in [-0.25, -0.2) is 0 Å². The molecule has 0 aromatic heterocycles. The molecule has 1 fully saturated rings. The molecule has 0 bridgehead atoms. The highest BCUT2D eigenvalue weighted by molar-refractivity contribution is 9.10. The van der Waals surface area contributed by atoms with Crippen LogP contribution in [-0.2, 0) is 0 Å². The first-order valence-electron chi connectivity index (χ1n) is 6.67. The first-order chi connectivity index (χ1) is 8.16. The molecule has 0 aliphatic heterocycles. The van der Waals surface area contributed by atoms with E-state index < -0.39 is 0 Å². The Morgan fingerprint density at radius 3 is 2.29 bits per heavy atom. The van der Waals surface area contributed by atoms with Crippen LogP contribution in [0.5, 0.6) is 0 Å². The topological polar surface area (TPSA) is 12.0 Å². The predicted octanol–water partition coefficient (Wildman–Crippen LogP) is 5.06. The first kappa shape index (κ1) is 12.9. The number of anilines is 1. The molecule has 2 rings (SSSR count). The van der Waals surface area contributed by atoms with Gasteiger partial charge in [0.15, 0.2) is 0 Å². The summed E-state index contributed by atoms with van der Waals surface area (Å²) in [6.07, 6.45) is 7.09. The molecule has 1 aromatic rings. The number of benzene rings is 1. The molecule has 0 amide bonds. The third kappa shape index (κ3) is 3.48. The highest BCUT2D eigenvalue weighted by Gasteiger charge is 2.13. The van der Waals surface area contributed by atoms with Crippen molar-refractivity contribution in [3.05, 3.63) is 27.7 Å². The highest BCUT2D eigenvalue weighted by Crippen LogP contribution is 2.27. The molecule has 1 saturated carbocycles. The summed E-state index contributed by atoms with van der Waals surface area (Å²) in [7, 11) is 0. The first-order valence-corrected chi connectivity index (χ1v) is 7.46. The molecule has 0 radical (unpaired) electrons. The van der Waals surface area contributed by atoms with E-state index >= 15 is 0 Å². The molecule has 0 unspecified atom stereocenters. The van der Waals surface area contributed by atoms with Crippen molar-refractivity contribution in [2.45, 2.75) is 46.0 Å². The molecule has 1 aliphatic carbocycles. The smallest absolute Gasteiger partial charge is 0.0346 e. The maximum Gasteiger partial charge on any atom is 0.0346 e. The summed E-state index contributed by atoms with van der Waals surface area (Å²) in [6.45, 7) is 5.45. The van der Waals surface area contributed by atoms with Gasteiger partial charge in [0.2, 0.25) is 0 Å². The maximum absolute atomic E-state index is 3.61. The number of aryl methyl sites for hydroxylation is 2. The molecule has 1 aromatic carbocycles. The van der Waals surface area contributed by atoms with Crippen LogP contribution in [0.1, 0.15) is 43.2 Å². The molecule has 1 aliphatic rings. The van der Waals surface area contributed by atoms with Crippen molar-refractivity contribution in [1.82, 2.24) is 0 Å². The quantitative estimate of drug-likeness (QED) is 0.822. The van der Waals surface area contributed by atoms with Gasteiger partial charge in [-0.1, -0.05) is 35.2 Å². The fourth-order valence-electron chi connectivity index (χ4n) is 2.70. The van der Waals surface area contributed by atoms with E-state index in [9.17, 15) is 0 Å². The summed E-state index contributed by atoms with van der Waals surface area (Å²) in [6, 6.07) is 4.47. The zero-order valence-electron chi connectivity index (χ0n) is 10.9. The van der Waals surface area contributed by atoms with Crippen molar-refractivity contribution < 1.29 is 0 Å². The van der Waals surface area contributed by atoms with E-state index in [0.29, 0.717) is 0 Å². The van der Waals surface area contributed by atoms with Crippen LogP contribution in [-0.4, -0.2) is 6.54 Å². The second-order valence-corrected chi connectivity index (χ2v) is 6.10. The SMILES string of the molecule is Cc1cc(NCC2CCCCC2)cc(C)c1Br. The standard InChI is InChI=1S/C15H22BrN/c1-11-8-14(9-12(2)15(11)16)17-10-13-6-4-3-5-7-13/h8-9,13,17H,3-7,10H2,1-2H3. The van der Waals surface area contributed by atoms with Gasteiger partial charge >= 0.3 is 0 Å². The van der Waals surface area contributed by atoms with Gasteiger partial charge in [-0.05, 0) is 55.9 Å². The lowest BCUT2D eigenvalue weighted by Gasteiger charge is -2.22. The summed E-state index contributed by atoms with van der Waals surface area (Å²) in [5, 5.41) is 3.60. The van der Waals surface area contributed by atoms with Gasteiger partial charge in [-0.2, -0.15) is 0 Å². The van der Waals surface area contributed by atoms with Gasteiger partial charge < -0.3 is 5.32 Å². The predicted molar refractivity (Wildman–Crippen MR) is 78.7 cm³/mol. The zero-order valence-corrected chi connectivity index (χ0v) is 12.4. The van der Waals surface area contributed by atoms with E-state index in [0.717, 1.165) is 12.5 Å². The fourth-order valence-corrected chi connectivity index (χ4v) is 2.93. The third-order valence-electron chi connectivity index (χ3n) is 3.76. The monoisotopic (exact) mass is 295 g/mol. The molecule has 2 heteroatoms. The van der Waals surface area contributed by atoms with Gasteiger partial charge in [-0.15, -0.1) is 0 Å². The zero-order chi connectivity index (χ0) is 12.3. The molecule has 1 nitrogen and oxygen atoms in total. The second-order valence-electron chi connectivity index (χ2n) is 5.31. The van der Waals surface area contributed by atoms with Crippen LogP contribution in [0, 0.1) is 19.8 Å². The van der Waals surface area contributed by atoms with E-state index in [4.69, 9.17) is 0 Å². The number of halogens is 1. The van der Waals surface area contributed by atoms with Crippen LogP contribution in [0.25, 0.3) is 0 Å². The van der Waals surface area contributed by atoms with Crippen molar-refractivity contribution in [3.8, 4) is 0 Å². The fraction of sp³-hybridized carbons (Fsp3) is 0.600. The van der Waals surface area contributed by atoms with Crippen LogP contribution in [0.2, 0.25) is 0 Å². The third-order valence-corrected chi connectivity index (χ3v) is 5.01. The molecule has 0 heterocycles. The van der Waals surface area contributed by atoms with E-state index in [-0.39, 0.29) is 0 Å². The minimum atomic E-state index is 0.882. The van der Waals surface area contributed by atoms with Crippen molar-refractivity contribution in [1.29, 1.82) is 0 Å². The largest absolute Gasteiger partial charge is 0.385 e. The molecule has 0 spiro atoms. The maximum atomic E-state index is 3.61. The Balaban J connectivity index is 1.94. The molecule has 1 N–H and O–H groups in total. The lowest BCUT2D eigenvalue weighted by atomic mass is 9.89. The van der Waals surface area contributed by atoms with E-state index in [1.54, 1.807) is 0 Å². The molecule has 94 valence electrons. The average molecular weight is 296 g/mol. The Bertz CT molecular complexity index is 358. The van der Waals surface area contributed by atoms with Gasteiger partial charge in [0, 0.05) is 16.7 Å². The van der Waals surface area contributed by atoms with E-state index in [1.165, 1.54) is 53.4 Å². The van der Waals surface area contributed by atoms with Crippen LogP contribution in [0.15, 0.2) is 16.6 Å². The van der Waals surface area contributed by atoms with Crippen LogP contribution >= 0.6 is 15.9 Å². The minimum absolute atomic E-state index is 0.882. The van der Waals surface area contributed by atoms with Crippen molar-refractivity contribution in [2.75, 3.05) is 11.9 Å². The van der Waals surface area contributed by atoms with E-state index in [2.05, 4.69) is 47.2 Å². The Morgan fingerprint density at radius 1 is 1.12 bits per heavy atom. The lowest BCUT2D eigenvalue weighted by Crippen LogP contribution is -2.17. The van der Waals surface area contributed by atoms with Crippen LogP contribution in [0.3, 0.4) is 0 Å². The Labute approximate surface area is 113 Å². The summed E-state index contributed by atoms with van der Waals surface area (Å²) in [5.41, 5.74) is 3.90. The Morgan fingerprint density at radius 2 is 1.71 bits per heavy atom. The summed E-state index contributed by atoms with van der Waals surface area (Å²) < 4.78 is 1.24. The van der Waals surface area contributed by atoms with Crippen molar-refractivity contribution >= 4 is 21.6 Å². The molecule has 0 saturated heterocycles. The summed E-state index contributed by atoms with van der Waals surface area (Å²) in [4.78, 5) is 0.